The van der Waals surface area contributed by atoms with Gasteiger partial charge in [-0.05, 0) is 54.7 Å². The number of carbonyl (C=O) groups excluding carboxylic acids is 1. The number of benzene rings is 2. The number of carbonyl (C=O) groups is 1. The number of rotatable bonds is 4. The molecule has 7 nitrogen and oxygen atoms in total. The largest absolute Gasteiger partial charge is 0.459 e. The number of nitro benzene ring substituents is 1. The lowest BCUT2D eigenvalue weighted by atomic mass is 9.89. The number of furan rings is 1. The monoisotopic (exact) mass is 463 g/mol. The van der Waals surface area contributed by atoms with Crippen molar-refractivity contribution < 1.29 is 14.1 Å². The summed E-state index contributed by atoms with van der Waals surface area (Å²) in [6, 6.07) is 15.0. The second-order valence-corrected chi connectivity index (χ2v) is 9.29. The van der Waals surface area contributed by atoms with E-state index in [-0.39, 0.29) is 28.7 Å². The van der Waals surface area contributed by atoms with Crippen molar-refractivity contribution in [1.82, 2.24) is 4.90 Å². The summed E-state index contributed by atoms with van der Waals surface area (Å²) in [5.41, 5.74) is 4.25. The third-order valence-corrected chi connectivity index (χ3v) is 7.43. The third-order valence-electron chi connectivity index (χ3n) is 7.11. The van der Waals surface area contributed by atoms with Crippen LogP contribution in [0.15, 0.2) is 52.9 Å². The van der Waals surface area contributed by atoms with Gasteiger partial charge in [-0.3, -0.25) is 14.9 Å². The number of anilines is 1. The molecule has 3 aromatic rings. The molecule has 2 atom stereocenters. The van der Waals surface area contributed by atoms with Crippen molar-refractivity contribution in [3.05, 3.63) is 80.6 Å². The summed E-state index contributed by atoms with van der Waals surface area (Å²) in [4.78, 5) is 27.9. The lowest BCUT2D eigenvalue weighted by molar-refractivity contribution is -0.384. The minimum absolute atomic E-state index is 0.00409. The molecule has 3 aliphatic rings. The second kappa shape index (κ2) is 7.63. The highest BCUT2D eigenvalue weighted by molar-refractivity contribution is 6.32. The molecule has 0 radical (unpaired) electrons. The highest BCUT2D eigenvalue weighted by atomic mass is 35.5. The fourth-order valence-electron chi connectivity index (χ4n) is 5.62. The molecule has 8 heteroatoms. The van der Waals surface area contributed by atoms with Gasteiger partial charge in [0, 0.05) is 36.8 Å². The maximum Gasteiger partial charge on any atom is 0.288 e. The lowest BCUT2D eigenvalue weighted by Crippen LogP contribution is -2.39. The Balaban J connectivity index is 1.39. The molecule has 1 fully saturated rings. The van der Waals surface area contributed by atoms with Crippen LogP contribution in [0.4, 0.5) is 11.4 Å². The molecule has 4 heterocycles. The van der Waals surface area contributed by atoms with Crippen LogP contribution in [0.1, 0.15) is 48.2 Å². The van der Waals surface area contributed by atoms with E-state index in [2.05, 4.69) is 23.1 Å². The van der Waals surface area contributed by atoms with Crippen molar-refractivity contribution in [3.8, 4) is 11.3 Å². The van der Waals surface area contributed by atoms with Gasteiger partial charge in [-0.2, -0.15) is 0 Å². The summed E-state index contributed by atoms with van der Waals surface area (Å²) in [5.74, 6) is 1.59. The molecule has 2 aromatic carbocycles. The summed E-state index contributed by atoms with van der Waals surface area (Å²) in [6.45, 7) is 1.69. The van der Waals surface area contributed by atoms with Crippen molar-refractivity contribution in [2.75, 3.05) is 18.0 Å². The first kappa shape index (κ1) is 20.3. The molecule has 0 spiro atoms. The second-order valence-electron chi connectivity index (χ2n) is 8.88. The standard InChI is InChI=1S/C25H22ClN3O4/c26-18-7-6-16(13-20(18)29(31)32)22-8-9-23(33-22)21-14-19(27-11-2-5-24(27)30)17-4-1-3-15-10-12-28(21)25(15)17/h1,3-4,6-9,13,19,21H,2,5,10-12,14H2. The number of nitrogens with zero attached hydrogens (tertiary/aromatic N) is 3. The maximum absolute atomic E-state index is 12.6. The van der Waals surface area contributed by atoms with Gasteiger partial charge in [-0.1, -0.05) is 29.8 Å². The smallest absolute Gasteiger partial charge is 0.288 e. The average molecular weight is 464 g/mol. The maximum atomic E-state index is 12.6. The molecule has 0 bridgehead atoms. The van der Waals surface area contributed by atoms with Crippen LogP contribution in [-0.2, 0) is 11.2 Å². The van der Waals surface area contributed by atoms with Crippen molar-refractivity contribution in [2.24, 2.45) is 0 Å². The highest BCUT2D eigenvalue weighted by Crippen LogP contribution is 2.51. The molecule has 1 amide bonds. The molecule has 0 aliphatic carbocycles. The van der Waals surface area contributed by atoms with Crippen LogP contribution < -0.4 is 4.90 Å². The number of hydrogen-bond donors (Lipinski definition) is 0. The Morgan fingerprint density at radius 3 is 2.70 bits per heavy atom. The molecular weight excluding hydrogens is 442 g/mol. The van der Waals surface area contributed by atoms with E-state index < -0.39 is 4.92 Å². The Hall–Kier alpha value is -3.32. The lowest BCUT2D eigenvalue weighted by Gasteiger charge is -2.42. The van der Waals surface area contributed by atoms with E-state index in [4.69, 9.17) is 16.0 Å². The van der Waals surface area contributed by atoms with Crippen LogP contribution >= 0.6 is 11.6 Å². The Bertz CT molecular complexity index is 1290. The molecule has 1 saturated heterocycles. The Morgan fingerprint density at radius 1 is 1.03 bits per heavy atom. The Labute approximate surface area is 195 Å². The van der Waals surface area contributed by atoms with E-state index in [1.54, 1.807) is 6.07 Å². The number of likely N-dealkylation sites (tertiary alicyclic amines) is 1. The number of halogens is 1. The predicted molar refractivity (Wildman–Crippen MR) is 124 cm³/mol. The summed E-state index contributed by atoms with van der Waals surface area (Å²) >= 11 is 5.98. The van der Waals surface area contributed by atoms with Crippen LogP contribution in [-0.4, -0.2) is 28.8 Å². The van der Waals surface area contributed by atoms with Crippen LogP contribution in [0.5, 0.6) is 0 Å². The zero-order valence-electron chi connectivity index (χ0n) is 17.9. The summed E-state index contributed by atoms with van der Waals surface area (Å²) in [5, 5.41) is 11.4. The topological polar surface area (TPSA) is 79.8 Å². The Kier molecular flexibility index (Phi) is 4.69. The summed E-state index contributed by atoms with van der Waals surface area (Å²) in [6.07, 6.45) is 3.24. The summed E-state index contributed by atoms with van der Waals surface area (Å²) in [7, 11) is 0. The number of amides is 1. The van der Waals surface area contributed by atoms with Gasteiger partial charge in [0.25, 0.3) is 5.69 Å². The van der Waals surface area contributed by atoms with Crippen molar-refractivity contribution in [2.45, 2.75) is 37.8 Å². The van der Waals surface area contributed by atoms with E-state index >= 15 is 0 Å². The quantitative estimate of drug-likeness (QED) is 0.367. The average Bonchev–Trinajstić information content (AvgIpc) is 3.55. The summed E-state index contributed by atoms with van der Waals surface area (Å²) < 4.78 is 6.28. The van der Waals surface area contributed by atoms with Gasteiger partial charge in [0.1, 0.15) is 16.5 Å². The van der Waals surface area contributed by atoms with Crippen LogP contribution in [0, 0.1) is 10.1 Å². The molecule has 33 heavy (non-hydrogen) atoms. The van der Waals surface area contributed by atoms with E-state index in [1.807, 2.05) is 17.0 Å². The number of hydrogen-bond acceptors (Lipinski definition) is 5. The van der Waals surface area contributed by atoms with E-state index in [9.17, 15) is 14.9 Å². The fraction of sp³-hybridized carbons (Fsp3) is 0.320. The van der Waals surface area contributed by atoms with Gasteiger partial charge in [0.2, 0.25) is 5.91 Å². The first-order chi connectivity index (χ1) is 16.0. The molecule has 0 N–H and O–H groups in total. The normalized spacial score (nSPS) is 21.5. The van der Waals surface area contributed by atoms with E-state index in [0.29, 0.717) is 17.7 Å². The zero-order chi connectivity index (χ0) is 22.7. The predicted octanol–water partition coefficient (Wildman–Crippen LogP) is 5.68. The van der Waals surface area contributed by atoms with Crippen molar-refractivity contribution in [3.63, 3.8) is 0 Å². The first-order valence-corrected chi connectivity index (χ1v) is 11.6. The fourth-order valence-corrected chi connectivity index (χ4v) is 5.81. The highest BCUT2D eigenvalue weighted by Gasteiger charge is 2.43. The van der Waals surface area contributed by atoms with Gasteiger partial charge in [0.15, 0.2) is 0 Å². The zero-order valence-corrected chi connectivity index (χ0v) is 18.6. The molecule has 6 rings (SSSR count). The van der Waals surface area contributed by atoms with Gasteiger partial charge in [0.05, 0.1) is 17.0 Å². The third kappa shape index (κ3) is 3.22. The minimum Gasteiger partial charge on any atom is -0.459 e. The van der Waals surface area contributed by atoms with Crippen LogP contribution in [0.2, 0.25) is 5.02 Å². The van der Waals surface area contributed by atoms with E-state index in [0.717, 1.165) is 38.1 Å². The Morgan fingerprint density at radius 2 is 1.91 bits per heavy atom. The molecule has 168 valence electrons. The SMILES string of the molecule is O=C1CCCN1C1CC(c2ccc(-c3ccc(Cl)c([N+](=O)[O-])c3)o2)N2CCc3cccc1c32. The minimum atomic E-state index is -0.489. The van der Waals surface area contributed by atoms with Gasteiger partial charge in [-0.15, -0.1) is 0 Å². The molecular formula is C25H22ClN3O4. The first-order valence-electron chi connectivity index (χ1n) is 11.2. The number of para-hydroxylation sites is 1. The van der Waals surface area contributed by atoms with Crippen LogP contribution in [0.25, 0.3) is 11.3 Å². The van der Waals surface area contributed by atoms with Crippen molar-refractivity contribution in [1.29, 1.82) is 0 Å². The van der Waals surface area contributed by atoms with Crippen molar-refractivity contribution >= 4 is 28.9 Å². The van der Waals surface area contributed by atoms with Gasteiger partial charge < -0.3 is 14.2 Å². The van der Waals surface area contributed by atoms with Gasteiger partial charge in [-0.25, -0.2) is 0 Å². The van der Waals surface area contributed by atoms with E-state index in [1.165, 1.54) is 28.9 Å². The van der Waals surface area contributed by atoms with Gasteiger partial charge >= 0.3 is 0 Å². The molecule has 1 aromatic heterocycles. The molecule has 2 unspecified atom stereocenters. The number of nitro groups is 1. The molecule has 3 aliphatic heterocycles. The molecule has 0 saturated carbocycles. The van der Waals surface area contributed by atoms with Crippen LogP contribution in [0.3, 0.4) is 0 Å².